The van der Waals surface area contributed by atoms with Crippen LogP contribution in [0.2, 0.25) is 0 Å². The summed E-state index contributed by atoms with van der Waals surface area (Å²) in [5.41, 5.74) is 0.891. The molecule has 0 aliphatic rings. The van der Waals surface area contributed by atoms with Crippen LogP contribution < -0.4 is 5.56 Å². The maximum absolute atomic E-state index is 11.9. The Hall–Kier alpha value is -3.08. The van der Waals surface area contributed by atoms with Gasteiger partial charge in [0.05, 0.1) is 5.56 Å². The van der Waals surface area contributed by atoms with Gasteiger partial charge in [-0.15, -0.1) is 0 Å². The average Bonchev–Trinajstić information content (AvgIpc) is 2.96. The highest BCUT2D eigenvalue weighted by molar-refractivity contribution is 5.86. The number of hydrogen-bond donors (Lipinski definition) is 1. The summed E-state index contributed by atoms with van der Waals surface area (Å²) in [7, 11) is 0. The Kier molecular flexibility index (Phi) is 4.10. The molecule has 5 heteroatoms. The maximum Gasteiger partial charge on any atom is 0.331 e. The number of benzene rings is 1. The molecule has 5 nitrogen and oxygen atoms in total. The molecule has 0 saturated heterocycles. The van der Waals surface area contributed by atoms with Gasteiger partial charge < -0.3 is 14.1 Å². The summed E-state index contributed by atoms with van der Waals surface area (Å²) in [6, 6.07) is 12.7. The minimum atomic E-state index is -0.536. The van der Waals surface area contributed by atoms with Gasteiger partial charge in [-0.05, 0) is 42.7 Å². The number of para-hydroxylation sites is 1. The highest BCUT2D eigenvalue weighted by atomic mass is 16.5. The van der Waals surface area contributed by atoms with E-state index in [1.54, 1.807) is 18.2 Å². The van der Waals surface area contributed by atoms with Crippen LogP contribution >= 0.6 is 0 Å². The molecule has 1 aromatic carbocycles. The number of nitrogens with one attached hydrogen (secondary N) is 1. The lowest BCUT2D eigenvalue weighted by Crippen LogP contribution is -2.14. The van der Waals surface area contributed by atoms with Crippen molar-refractivity contribution < 1.29 is 13.9 Å². The Morgan fingerprint density at radius 3 is 2.87 bits per heavy atom. The van der Waals surface area contributed by atoms with Crippen molar-refractivity contribution in [1.29, 1.82) is 0 Å². The zero-order valence-electron chi connectivity index (χ0n) is 12.5. The van der Waals surface area contributed by atoms with Gasteiger partial charge in [0.1, 0.15) is 18.1 Å². The Bertz CT molecular complexity index is 933. The highest BCUT2D eigenvalue weighted by Gasteiger charge is 2.05. The topological polar surface area (TPSA) is 72.3 Å². The Labute approximate surface area is 132 Å². The van der Waals surface area contributed by atoms with Crippen LogP contribution in [0.25, 0.3) is 17.0 Å². The molecule has 3 aromatic rings. The number of pyridine rings is 1. The zero-order chi connectivity index (χ0) is 16.2. The molecule has 2 heterocycles. The predicted octanol–water partition coefficient (Wildman–Crippen LogP) is 3.19. The molecule has 23 heavy (non-hydrogen) atoms. The van der Waals surface area contributed by atoms with Gasteiger partial charge in [-0.2, -0.15) is 0 Å². The van der Waals surface area contributed by atoms with Crippen molar-refractivity contribution >= 4 is 22.9 Å². The molecular formula is C18H15NO4. The Balaban J connectivity index is 1.68. The average molecular weight is 309 g/mol. The second-order valence-electron chi connectivity index (χ2n) is 5.10. The molecule has 0 aliphatic carbocycles. The first-order valence-corrected chi connectivity index (χ1v) is 7.14. The van der Waals surface area contributed by atoms with Crippen LogP contribution in [0, 0.1) is 6.92 Å². The summed E-state index contributed by atoms with van der Waals surface area (Å²) in [5, 5.41) is 0.889. The fraction of sp³-hybridized carbons (Fsp3) is 0.111. The lowest BCUT2D eigenvalue weighted by Gasteiger charge is -2.03. The number of furan rings is 1. The Morgan fingerprint density at radius 1 is 1.26 bits per heavy atom. The smallest absolute Gasteiger partial charge is 0.331 e. The van der Waals surface area contributed by atoms with E-state index in [9.17, 15) is 9.59 Å². The highest BCUT2D eigenvalue weighted by Crippen LogP contribution is 2.11. The Morgan fingerprint density at radius 2 is 2.09 bits per heavy atom. The van der Waals surface area contributed by atoms with E-state index in [0.29, 0.717) is 11.3 Å². The van der Waals surface area contributed by atoms with Gasteiger partial charge in [-0.1, -0.05) is 18.2 Å². The number of carbonyl (C=O) groups excluding carboxylic acids is 1. The van der Waals surface area contributed by atoms with Crippen molar-refractivity contribution in [3.8, 4) is 0 Å². The van der Waals surface area contributed by atoms with E-state index in [1.165, 1.54) is 12.2 Å². The normalized spacial score (nSPS) is 11.2. The van der Waals surface area contributed by atoms with Crippen molar-refractivity contribution in [2.75, 3.05) is 0 Å². The van der Waals surface area contributed by atoms with E-state index in [0.717, 1.165) is 16.7 Å². The number of aromatic amines is 1. The standard InChI is InChI=1S/C18H15NO4/c1-12-6-7-15(23-12)8-9-17(20)22-11-14-10-13-4-2-3-5-16(13)19-18(14)21/h2-10H,11H2,1H3,(H,19,21). The van der Waals surface area contributed by atoms with E-state index in [-0.39, 0.29) is 12.2 Å². The van der Waals surface area contributed by atoms with Crippen molar-refractivity contribution in [3.63, 3.8) is 0 Å². The predicted molar refractivity (Wildman–Crippen MR) is 86.8 cm³/mol. The molecule has 0 unspecified atom stereocenters. The van der Waals surface area contributed by atoms with E-state index >= 15 is 0 Å². The summed E-state index contributed by atoms with van der Waals surface area (Å²) in [4.78, 5) is 26.4. The quantitative estimate of drug-likeness (QED) is 0.593. The fourth-order valence-corrected chi connectivity index (χ4v) is 2.19. The van der Waals surface area contributed by atoms with Crippen LogP contribution in [0.4, 0.5) is 0 Å². The summed E-state index contributed by atoms with van der Waals surface area (Å²) >= 11 is 0. The number of rotatable bonds is 4. The molecule has 0 spiro atoms. The first-order valence-electron chi connectivity index (χ1n) is 7.14. The molecular weight excluding hydrogens is 294 g/mol. The third-order valence-corrected chi connectivity index (χ3v) is 3.35. The molecule has 0 aliphatic heterocycles. The number of aromatic nitrogens is 1. The summed E-state index contributed by atoms with van der Waals surface area (Å²) < 4.78 is 10.4. The van der Waals surface area contributed by atoms with E-state index in [4.69, 9.17) is 9.15 Å². The second kappa shape index (κ2) is 6.36. The van der Waals surface area contributed by atoms with Crippen LogP contribution in [0.15, 0.2) is 57.8 Å². The molecule has 0 atom stereocenters. The number of carbonyl (C=O) groups is 1. The van der Waals surface area contributed by atoms with E-state index < -0.39 is 5.97 Å². The number of esters is 1. The lowest BCUT2D eigenvalue weighted by molar-refractivity contribution is -0.138. The molecule has 1 N–H and O–H groups in total. The van der Waals surface area contributed by atoms with Gasteiger partial charge in [0.15, 0.2) is 0 Å². The largest absolute Gasteiger partial charge is 0.462 e. The fourth-order valence-electron chi connectivity index (χ4n) is 2.19. The SMILES string of the molecule is Cc1ccc(C=CC(=O)OCc2cc3ccccc3[nH]c2=O)o1. The molecule has 0 radical (unpaired) electrons. The number of hydrogen-bond acceptors (Lipinski definition) is 4. The van der Waals surface area contributed by atoms with Crippen LogP contribution in [0.1, 0.15) is 17.1 Å². The minimum absolute atomic E-state index is 0.0828. The summed E-state index contributed by atoms with van der Waals surface area (Å²) in [6.45, 7) is 1.74. The molecule has 3 rings (SSSR count). The first kappa shape index (κ1) is 14.8. The monoisotopic (exact) mass is 309 g/mol. The van der Waals surface area contributed by atoms with Crippen molar-refractivity contribution in [2.24, 2.45) is 0 Å². The molecule has 116 valence electrons. The molecule has 0 bridgehead atoms. The first-order chi connectivity index (χ1) is 11.1. The van der Waals surface area contributed by atoms with Gasteiger partial charge in [-0.3, -0.25) is 4.79 Å². The number of H-pyrrole nitrogens is 1. The molecule has 2 aromatic heterocycles. The van der Waals surface area contributed by atoms with Gasteiger partial charge >= 0.3 is 5.97 Å². The number of fused-ring (bicyclic) bond motifs is 1. The summed E-state index contributed by atoms with van der Waals surface area (Å²) in [6.07, 6.45) is 2.80. The van der Waals surface area contributed by atoms with Crippen LogP contribution in [-0.2, 0) is 16.1 Å². The summed E-state index contributed by atoms with van der Waals surface area (Å²) in [5.74, 6) is 0.801. The lowest BCUT2D eigenvalue weighted by atomic mass is 10.1. The van der Waals surface area contributed by atoms with Crippen LogP contribution in [-0.4, -0.2) is 11.0 Å². The molecule has 0 saturated carbocycles. The van der Waals surface area contributed by atoms with Crippen molar-refractivity contribution in [2.45, 2.75) is 13.5 Å². The van der Waals surface area contributed by atoms with Crippen LogP contribution in [0.5, 0.6) is 0 Å². The van der Waals surface area contributed by atoms with Crippen molar-refractivity contribution in [3.05, 3.63) is 76.0 Å². The van der Waals surface area contributed by atoms with Crippen LogP contribution in [0.3, 0.4) is 0 Å². The second-order valence-corrected chi connectivity index (χ2v) is 5.10. The van der Waals surface area contributed by atoms with Gasteiger partial charge in [0.2, 0.25) is 0 Å². The third kappa shape index (κ3) is 3.58. The maximum atomic E-state index is 11.9. The van der Waals surface area contributed by atoms with E-state index in [2.05, 4.69) is 4.98 Å². The van der Waals surface area contributed by atoms with E-state index in [1.807, 2.05) is 31.2 Å². The molecule has 0 fully saturated rings. The number of aryl methyl sites for hydroxylation is 1. The third-order valence-electron chi connectivity index (χ3n) is 3.35. The minimum Gasteiger partial charge on any atom is -0.462 e. The van der Waals surface area contributed by atoms with Gasteiger partial charge in [0.25, 0.3) is 5.56 Å². The van der Waals surface area contributed by atoms with Gasteiger partial charge in [0, 0.05) is 11.6 Å². The van der Waals surface area contributed by atoms with Gasteiger partial charge in [-0.25, -0.2) is 4.79 Å². The molecule has 0 amide bonds. The number of ether oxygens (including phenoxy) is 1. The zero-order valence-corrected chi connectivity index (χ0v) is 12.5. The van der Waals surface area contributed by atoms with Crippen molar-refractivity contribution in [1.82, 2.24) is 4.98 Å².